The lowest BCUT2D eigenvalue weighted by atomic mass is 9.99. The molecule has 0 aliphatic carbocycles. The van der Waals surface area contributed by atoms with Crippen molar-refractivity contribution in [3.63, 3.8) is 0 Å². The molecule has 6 nitrogen and oxygen atoms in total. The second kappa shape index (κ2) is 9.85. The number of aryl methyl sites for hydroxylation is 2. The molecule has 1 saturated heterocycles. The first-order chi connectivity index (χ1) is 13.4. The summed E-state index contributed by atoms with van der Waals surface area (Å²) < 4.78 is 0. The van der Waals surface area contributed by atoms with Crippen LogP contribution in [-0.4, -0.2) is 60.3 Å². The van der Waals surface area contributed by atoms with E-state index in [-0.39, 0.29) is 30.3 Å². The fourth-order valence-electron chi connectivity index (χ4n) is 3.51. The predicted molar refractivity (Wildman–Crippen MR) is 117 cm³/mol. The Bertz CT molecular complexity index is 868. The van der Waals surface area contributed by atoms with Gasteiger partial charge in [0, 0.05) is 33.7 Å². The highest BCUT2D eigenvalue weighted by Gasteiger charge is 2.30. The molecule has 1 aromatic carbocycles. The van der Waals surface area contributed by atoms with E-state index in [0.29, 0.717) is 23.5 Å². The number of rotatable bonds is 4. The van der Waals surface area contributed by atoms with E-state index >= 15 is 0 Å². The van der Waals surface area contributed by atoms with Gasteiger partial charge in [-0.1, -0.05) is 31.2 Å². The van der Waals surface area contributed by atoms with Gasteiger partial charge in [-0.15, -0.1) is 12.4 Å². The van der Waals surface area contributed by atoms with Crippen molar-refractivity contribution in [2.24, 2.45) is 0 Å². The van der Waals surface area contributed by atoms with Crippen molar-refractivity contribution in [1.82, 2.24) is 20.1 Å². The van der Waals surface area contributed by atoms with E-state index < -0.39 is 0 Å². The van der Waals surface area contributed by atoms with Crippen molar-refractivity contribution >= 4 is 24.2 Å². The molecule has 0 bridgehead atoms. The normalized spacial score (nSPS) is 16.1. The number of benzene rings is 1. The van der Waals surface area contributed by atoms with E-state index in [1.165, 1.54) is 10.5 Å². The minimum Gasteiger partial charge on any atom is -0.343 e. The lowest BCUT2D eigenvalue weighted by Crippen LogP contribution is -2.48. The molecule has 156 valence electrons. The van der Waals surface area contributed by atoms with Crippen LogP contribution in [0.15, 0.2) is 36.4 Å². The zero-order chi connectivity index (χ0) is 20.3. The fourth-order valence-corrected chi connectivity index (χ4v) is 3.51. The van der Waals surface area contributed by atoms with Crippen molar-refractivity contribution in [3.05, 3.63) is 64.5 Å². The summed E-state index contributed by atoms with van der Waals surface area (Å²) in [5, 5.41) is 3.39. The summed E-state index contributed by atoms with van der Waals surface area (Å²) in [6, 6.07) is 11.8. The van der Waals surface area contributed by atoms with E-state index in [0.717, 1.165) is 25.1 Å². The quantitative estimate of drug-likeness (QED) is 0.832. The Morgan fingerprint density at radius 1 is 1.17 bits per heavy atom. The molecule has 0 spiro atoms. The molecule has 29 heavy (non-hydrogen) atoms. The minimum absolute atomic E-state index is 0. The molecule has 2 heterocycles. The molecule has 2 amide bonds. The molecular formula is C22H29ClN4O2. The van der Waals surface area contributed by atoms with Gasteiger partial charge in [-0.2, -0.15) is 0 Å². The molecule has 1 aliphatic heterocycles. The molecule has 7 heteroatoms. The van der Waals surface area contributed by atoms with Crippen LogP contribution in [0, 0.1) is 6.92 Å². The number of nitrogens with zero attached hydrogens (tertiary/aromatic N) is 3. The molecule has 0 radical (unpaired) electrons. The standard InChI is InChI=1S/C22H28N4O2.ClH/c1-5-16-6-8-17(9-7-16)20-14-23-12-13-26(20)21(27)18-10-11-19(24-15(18)2)22(28)25(3)4;/h6-11,20,23H,5,12-14H2,1-4H3;1H. The third-order valence-electron chi connectivity index (χ3n) is 5.22. The first-order valence-corrected chi connectivity index (χ1v) is 9.72. The van der Waals surface area contributed by atoms with Crippen molar-refractivity contribution in [1.29, 1.82) is 0 Å². The molecule has 3 rings (SSSR count). The van der Waals surface area contributed by atoms with Crippen LogP contribution in [0.5, 0.6) is 0 Å². The van der Waals surface area contributed by atoms with E-state index in [4.69, 9.17) is 0 Å². The number of piperazine rings is 1. The largest absolute Gasteiger partial charge is 0.343 e. The Labute approximate surface area is 178 Å². The Balaban J connectivity index is 0.00000300. The summed E-state index contributed by atoms with van der Waals surface area (Å²) in [7, 11) is 3.38. The number of aromatic nitrogens is 1. The summed E-state index contributed by atoms with van der Waals surface area (Å²) in [6.45, 7) is 6.04. The summed E-state index contributed by atoms with van der Waals surface area (Å²) in [6.07, 6.45) is 0.995. The van der Waals surface area contributed by atoms with Gasteiger partial charge in [0.25, 0.3) is 11.8 Å². The maximum atomic E-state index is 13.3. The summed E-state index contributed by atoms with van der Waals surface area (Å²) >= 11 is 0. The Morgan fingerprint density at radius 2 is 1.86 bits per heavy atom. The number of nitrogens with one attached hydrogen (secondary N) is 1. The molecule has 1 N–H and O–H groups in total. The molecule has 1 aromatic heterocycles. The summed E-state index contributed by atoms with van der Waals surface area (Å²) in [5.74, 6) is -0.210. The van der Waals surface area contributed by atoms with Crippen LogP contribution in [-0.2, 0) is 6.42 Å². The van der Waals surface area contributed by atoms with Crippen molar-refractivity contribution < 1.29 is 9.59 Å². The van der Waals surface area contributed by atoms with Crippen LogP contribution in [0.3, 0.4) is 0 Å². The third kappa shape index (κ3) is 4.95. The van der Waals surface area contributed by atoms with Crippen LogP contribution in [0.1, 0.15) is 50.6 Å². The molecule has 1 aliphatic rings. The number of hydrogen-bond acceptors (Lipinski definition) is 4. The third-order valence-corrected chi connectivity index (χ3v) is 5.22. The Morgan fingerprint density at radius 3 is 2.45 bits per heavy atom. The van der Waals surface area contributed by atoms with Gasteiger partial charge in [-0.25, -0.2) is 4.98 Å². The van der Waals surface area contributed by atoms with Gasteiger partial charge < -0.3 is 15.1 Å². The predicted octanol–water partition coefficient (Wildman–Crippen LogP) is 2.86. The molecule has 2 aromatic rings. The summed E-state index contributed by atoms with van der Waals surface area (Å²) in [4.78, 5) is 33.2. The maximum absolute atomic E-state index is 13.3. The molecule has 0 saturated carbocycles. The summed E-state index contributed by atoms with van der Waals surface area (Å²) in [5.41, 5.74) is 3.89. The molecule has 1 atom stereocenters. The highest BCUT2D eigenvalue weighted by atomic mass is 35.5. The maximum Gasteiger partial charge on any atom is 0.271 e. The minimum atomic E-state index is -0.168. The van der Waals surface area contributed by atoms with E-state index in [2.05, 4.69) is 41.5 Å². The number of hydrogen-bond donors (Lipinski definition) is 1. The Kier molecular flexibility index (Phi) is 7.76. The highest BCUT2D eigenvalue weighted by molar-refractivity contribution is 5.97. The van der Waals surface area contributed by atoms with Crippen LogP contribution in [0.25, 0.3) is 0 Å². The number of carbonyl (C=O) groups is 2. The number of amides is 2. The molecule has 1 unspecified atom stereocenters. The second-order valence-corrected chi connectivity index (χ2v) is 7.34. The average Bonchev–Trinajstić information content (AvgIpc) is 2.72. The lowest BCUT2D eigenvalue weighted by molar-refractivity contribution is 0.0632. The zero-order valence-electron chi connectivity index (χ0n) is 17.4. The number of halogens is 1. The van der Waals surface area contributed by atoms with Crippen molar-refractivity contribution in [3.8, 4) is 0 Å². The lowest BCUT2D eigenvalue weighted by Gasteiger charge is -2.37. The van der Waals surface area contributed by atoms with Gasteiger partial charge in [0.05, 0.1) is 17.3 Å². The van der Waals surface area contributed by atoms with E-state index in [1.54, 1.807) is 33.2 Å². The van der Waals surface area contributed by atoms with Crippen LogP contribution in [0.4, 0.5) is 0 Å². The van der Waals surface area contributed by atoms with Gasteiger partial charge in [0.2, 0.25) is 0 Å². The van der Waals surface area contributed by atoms with Gasteiger partial charge in [-0.3, -0.25) is 9.59 Å². The monoisotopic (exact) mass is 416 g/mol. The fraction of sp³-hybridized carbons (Fsp3) is 0.409. The van der Waals surface area contributed by atoms with Gasteiger partial charge in [-0.05, 0) is 36.6 Å². The van der Waals surface area contributed by atoms with Crippen molar-refractivity contribution in [2.45, 2.75) is 26.3 Å². The van der Waals surface area contributed by atoms with Crippen LogP contribution >= 0.6 is 12.4 Å². The zero-order valence-corrected chi connectivity index (χ0v) is 18.3. The van der Waals surface area contributed by atoms with Gasteiger partial charge >= 0.3 is 0 Å². The highest BCUT2D eigenvalue weighted by Crippen LogP contribution is 2.25. The average molecular weight is 417 g/mol. The van der Waals surface area contributed by atoms with Gasteiger partial charge in [0.1, 0.15) is 5.69 Å². The van der Waals surface area contributed by atoms with Crippen LogP contribution < -0.4 is 5.32 Å². The van der Waals surface area contributed by atoms with Gasteiger partial charge in [0.15, 0.2) is 0 Å². The van der Waals surface area contributed by atoms with E-state index in [1.807, 2.05) is 4.90 Å². The first-order valence-electron chi connectivity index (χ1n) is 9.72. The smallest absolute Gasteiger partial charge is 0.271 e. The number of pyridine rings is 1. The number of carbonyl (C=O) groups excluding carboxylic acids is 2. The topological polar surface area (TPSA) is 65.5 Å². The SMILES string of the molecule is CCc1ccc(C2CNCCN2C(=O)c2ccc(C(=O)N(C)C)nc2C)cc1.Cl. The van der Waals surface area contributed by atoms with E-state index in [9.17, 15) is 9.59 Å². The Hall–Kier alpha value is -2.44. The first kappa shape index (κ1) is 22.8. The van der Waals surface area contributed by atoms with Crippen LogP contribution in [0.2, 0.25) is 0 Å². The second-order valence-electron chi connectivity index (χ2n) is 7.34. The van der Waals surface area contributed by atoms with Crippen molar-refractivity contribution in [2.75, 3.05) is 33.7 Å². The molecular weight excluding hydrogens is 388 g/mol. The molecule has 1 fully saturated rings.